The van der Waals surface area contributed by atoms with Gasteiger partial charge >= 0.3 is 0 Å². The zero-order chi connectivity index (χ0) is 17.5. The number of carbonyl (C=O) groups is 1. The molecule has 25 heavy (non-hydrogen) atoms. The molecule has 2 aromatic carbocycles. The van der Waals surface area contributed by atoms with Crippen molar-refractivity contribution in [3.8, 4) is 0 Å². The summed E-state index contributed by atoms with van der Waals surface area (Å²) in [5.41, 5.74) is 2.79. The van der Waals surface area contributed by atoms with E-state index in [0.717, 1.165) is 48.2 Å². The fraction of sp³-hybridized carbons (Fsp3) is 0.286. The van der Waals surface area contributed by atoms with Gasteiger partial charge in [0.25, 0.3) is 0 Å². The molecule has 0 radical (unpaired) electrons. The monoisotopic (exact) mass is 337 g/mol. The number of ether oxygens (including phenoxy) is 1. The number of carbonyl (C=O) groups excluding carboxylic acids is 1. The lowest BCUT2D eigenvalue weighted by Gasteiger charge is -2.15. The first-order chi connectivity index (χ1) is 12.3. The maximum Gasteiger partial charge on any atom is 0.226 e. The Labute approximate surface area is 148 Å². The lowest BCUT2D eigenvalue weighted by Crippen LogP contribution is -2.87. The second-order valence-corrected chi connectivity index (χ2v) is 6.08. The Bertz CT molecular complexity index is 811. The Kier molecular flexibility index (Phi) is 5.99. The molecular weight excluding hydrogens is 312 g/mol. The van der Waals surface area contributed by atoms with Crippen molar-refractivity contribution in [1.82, 2.24) is 4.98 Å². The highest BCUT2D eigenvalue weighted by atomic mass is 16.5. The number of hydrogen-bond donors (Lipinski definition) is 2. The minimum absolute atomic E-state index is 0.139. The van der Waals surface area contributed by atoms with Gasteiger partial charge in [-0.3, -0.25) is 4.79 Å². The third-order valence-corrected chi connectivity index (χ3v) is 4.40. The van der Waals surface area contributed by atoms with Crippen molar-refractivity contribution in [2.75, 3.05) is 19.8 Å². The normalized spacial score (nSPS) is 12.4. The molecule has 3 rings (SSSR count). The average Bonchev–Trinajstić information content (AvgIpc) is 3.09. The lowest BCUT2D eigenvalue weighted by molar-refractivity contribution is -0.681. The number of rotatable bonds is 9. The minimum atomic E-state index is -0.234. The van der Waals surface area contributed by atoms with Crippen LogP contribution in [0.4, 0.5) is 0 Å². The molecule has 1 heterocycles. The van der Waals surface area contributed by atoms with Gasteiger partial charge in [0, 0.05) is 41.3 Å². The Morgan fingerprint density at radius 1 is 1.12 bits per heavy atom. The predicted molar refractivity (Wildman–Crippen MR) is 99.7 cm³/mol. The van der Waals surface area contributed by atoms with E-state index >= 15 is 0 Å². The Morgan fingerprint density at radius 2 is 1.88 bits per heavy atom. The maximum atomic E-state index is 13.3. The highest BCUT2D eigenvalue weighted by Gasteiger charge is 2.27. The third kappa shape index (κ3) is 4.16. The average molecular weight is 337 g/mol. The number of fused-ring (bicyclic) bond motifs is 1. The SMILES string of the molecule is CCOCCC[NH2+][C@@H](C(=O)c1c[nH]c2ccccc12)c1ccccc1. The first kappa shape index (κ1) is 17.4. The molecule has 4 heteroatoms. The van der Waals surface area contributed by atoms with E-state index in [1.165, 1.54) is 0 Å². The van der Waals surface area contributed by atoms with Gasteiger partial charge in [-0.15, -0.1) is 0 Å². The van der Waals surface area contributed by atoms with E-state index in [1.54, 1.807) is 0 Å². The van der Waals surface area contributed by atoms with Crippen molar-refractivity contribution in [2.45, 2.75) is 19.4 Å². The molecule has 0 saturated carbocycles. The van der Waals surface area contributed by atoms with Gasteiger partial charge in [0.2, 0.25) is 5.78 Å². The van der Waals surface area contributed by atoms with Gasteiger partial charge in [-0.25, -0.2) is 0 Å². The topological polar surface area (TPSA) is 58.7 Å². The molecule has 1 atom stereocenters. The van der Waals surface area contributed by atoms with Crippen LogP contribution in [0.3, 0.4) is 0 Å². The molecule has 1 aromatic heterocycles. The number of benzene rings is 2. The molecule has 0 bridgehead atoms. The summed E-state index contributed by atoms with van der Waals surface area (Å²) in [4.78, 5) is 16.5. The second kappa shape index (κ2) is 8.60. The molecule has 3 aromatic rings. The van der Waals surface area contributed by atoms with Crippen LogP contribution in [0, 0.1) is 0 Å². The third-order valence-electron chi connectivity index (χ3n) is 4.40. The molecule has 0 fully saturated rings. The van der Waals surface area contributed by atoms with Crippen molar-refractivity contribution in [3.63, 3.8) is 0 Å². The summed E-state index contributed by atoms with van der Waals surface area (Å²) in [7, 11) is 0. The van der Waals surface area contributed by atoms with Crippen LogP contribution >= 0.6 is 0 Å². The lowest BCUT2D eigenvalue weighted by atomic mass is 9.97. The summed E-state index contributed by atoms with van der Waals surface area (Å²) in [5, 5.41) is 3.11. The number of nitrogens with one attached hydrogen (secondary N) is 1. The second-order valence-electron chi connectivity index (χ2n) is 6.08. The molecule has 0 aliphatic rings. The summed E-state index contributed by atoms with van der Waals surface area (Å²) < 4.78 is 5.40. The number of H-pyrrole nitrogens is 1. The smallest absolute Gasteiger partial charge is 0.226 e. The predicted octanol–water partition coefficient (Wildman–Crippen LogP) is 3.08. The van der Waals surface area contributed by atoms with Crippen LogP contribution in [0.5, 0.6) is 0 Å². The van der Waals surface area contributed by atoms with Crippen LogP contribution < -0.4 is 5.32 Å². The fourth-order valence-corrected chi connectivity index (χ4v) is 3.11. The fourth-order valence-electron chi connectivity index (χ4n) is 3.11. The zero-order valence-electron chi connectivity index (χ0n) is 14.6. The van der Waals surface area contributed by atoms with E-state index in [2.05, 4.69) is 10.3 Å². The van der Waals surface area contributed by atoms with Crippen LogP contribution in [0.15, 0.2) is 60.8 Å². The number of para-hydroxylation sites is 1. The quantitative estimate of drug-likeness (QED) is 0.466. The maximum absolute atomic E-state index is 13.3. The summed E-state index contributed by atoms with van der Waals surface area (Å²) in [5.74, 6) is 0.139. The number of hydrogen-bond acceptors (Lipinski definition) is 2. The molecule has 0 spiro atoms. The van der Waals surface area contributed by atoms with Crippen molar-refractivity contribution >= 4 is 16.7 Å². The molecule has 3 N–H and O–H groups in total. The summed E-state index contributed by atoms with van der Waals surface area (Å²) in [6, 6.07) is 17.7. The highest BCUT2D eigenvalue weighted by Crippen LogP contribution is 2.22. The van der Waals surface area contributed by atoms with Crippen molar-refractivity contribution in [1.29, 1.82) is 0 Å². The van der Waals surface area contributed by atoms with E-state index in [1.807, 2.05) is 67.7 Å². The molecule has 0 aliphatic heterocycles. The Morgan fingerprint density at radius 3 is 2.68 bits per heavy atom. The molecular formula is C21H25N2O2+. The largest absolute Gasteiger partial charge is 0.382 e. The molecule has 0 amide bonds. The van der Waals surface area contributed by atoms with Crippen LogP contribution in [0.25, 0.3) is 10.9 Å². The molecule has 130 valence electrons. The minimum Gasteiger partial charge on any atom is -0.382 e. The first-order valence-electron chi connectivity index (χ1n) is 8.87. The number of Topliss-reactive ketones (excluding diaryl/α,β-unsaturated/α-hetero) is 1. The van der Waals surface area contributed by atoms with E-state index < -0.39 is 0 Å². The molecule has 4 nitrogen and oxygen atoms in total. The summed E-state index contributed by atoms with van der Waals surface area (Å²) >= 11 is 0. The van der Waals surface area contributed by atoms with Crippen LogP contribution in [0.2, 0.25) is 0 Å². The van der Waals surface area contributed by atoms with Gasteiger partial charge < -0.3 is 15.0 Å². The van der Waals surface area contributed by atoms with Gasteiger partial charge in [0.05, 0.1) is 13.2 Å². The van der Waals surface area contributed by atoms with Crippen molar-refractivity contribution in [2.24, 2.45) is 0 Å². The Balaban J connectivity index is 1.82. The number of aromatic nitrogens is 1. The van der Waals surface area contributed by atoms with Gasteiger partial charge in [-0.05, 0) is 13.0 Å². The molecule has 0 unspecified atom stereocenters. The number of nitrogens with two attached hydrogens (primary N) is 1. The van der Waals surface area contributed by atoms with E-state index in [4.69, 9.17) is 4.74 Å². The van der Waals surface area contributed by atoms with Gasteiger partial charge in [0.1, 0.15) is 0 Å². The number of aromatic amines is 1. The Hall–Kier alpha value is -2.43. The van der Waals surface area contributed by atoms with Crippen molar-refractivity contribution in [3.05, 3.63) is 71.9 Å². The van der Waals surface area contributed by atoms with E-state index in [0.29, 0.717) is 0 Å². The van der Waals surface area contributed by atoms with E-state index in [-0.39, 0.29) is 11.8 Å². The van der Waals surface area contributed by atoms with Crippen LogP contribution in [-0.4, -0.2) is 30.5 Å². The van der Waals surface area contributed by atoms with E-state index in [9.17, 15) is 4.79 Å². The van der Waals surface area contributed by atoms with Gasteiger partial charge in [-0.2, -0.15) is 0 Å². The first-order valence-corrected chi connectivity index (χ1v) is 8.87. The van der Waals surface area contributed by atoms with Gasteiger partial charge in [0.15, 0.2) is 6.04 Å². The number of quaternary nitrogens is 1. The molecule has 0 saturated heterocycles. The standard InChI is InChI=1S/C21H24N2O2/c1-2-25-14-8-13-22-20(16-9-4-3-5-10-16)21(24)18-15-23-19-12-7-6-11-17(18)19/h3-7,9-12,15,20,22-23H,2,8,13-14H2,1H3/p+1/t20-/m1/s1. The summed E-state index contributed by atoms with van der Waals surface area (Å²) in [6.07, 6.45) is 2.76. The van der Waals surface area contributed by atoms with Gasteiger partial charge in [-0.1, -0.05) is 48.5 Å². The summed E-state index contributed by atoms with van der Waals surface area (Å²) in [6.45, 7) is 4.32. The van der Waals surface area contributed by atoms with Crippen molar-refractivity contribution < 1.29 is 14.8 Å². The highest BCUT2D eigenvalue weighted by molar-refractivity contribution is 6.09. The van der Waals surface area contributed by atoms with Crippen LogP contribution in [0.1, 0.15) is 35.3 Å². The van der Waals surface area contributed by atoms with Crippen LogP contribution in [-0.2, 0) is 4.74 Å². The molecule has 0 aliphatic carbocycles. The zero-order valence-corrected chi connectivity index (χ0v) is 14.6. The number of ketones is 1.